The Bertz CT molecular complexity index is 767. The van der Waals surface area contributed by atoms with Crippen molar-refractivity contribution < 1.29 is 19.8 Å². The van der Waals surface area contributed by atoms with Gasteiger partial charge in [0.1, 0.15) is 5.60 Å². The topological polar surface area (TPSA) is 74.6 Å². The minimum atomic E-state index is -1.44. The van der Waals surface area contributed by atoms with Gasteiger partial charge in [0, 0.05) is 22.0 Å². The van der Waals surface area contributed by atoms with Crippen molar-refractivity contribution in [3.05, 3.63) is 47.8 Å². The standard InChI is InChI=1S/C20H24O4/c1-6-18(4)9-10-20(24)12(11-18)14(22)15(23)16-17(2,3)13(21)7-8-19(16,20)5/h6-8,11,23-24H,1,9-10H2,2-5H3/t18-,19-,20+/m0/s1. The second kappa shape index (κ2) is 4.57. The molecule has 4 nitrogen and oxygen atoms in total. The zero-order valence-electron chi connectivity index (χ0n) is 14.6. The molecule has 0 unspecified atom stereocenters. The van der Waals surface area contributed by atoms with Crippen molar-refractivity contribution in [2.45, 2.75) is 46.1 Å². The van der Waals surface area contributed by atoms with Crippen LogP contribution in [0.4, 0.5) is 0 Å². The number of rotatable bonds is 1. The van der Waals surface area contributed by atoms with Gasteiger partial charge in [-0.15, -0.1) is 6.58 Å². The van der Waals surface area contributed by atoms with E-state index in [2.05, 4.69) is 6.58 Å². The summed E-state index contributed by atoms with van der Waals surface area (Å²) in [7, 11) is 0. The number of carbonyl (C=O) groups is 2. The van der Waals surface area contributed by atoms with Crippen LogP contribution in [0, 0.1) is 16.2 Å². The zero-order chi connectivity index (χ0) is 18.1. The molecule has 0 fully saturated rings. The number of ketones is 2. The zero-order valence-corrected chi connectivity index (χ0v) is 14.6. The molecule has 0 saturated heterocycles. The van der Waals surface area contributed by atoms with Crippen LogP contribution < -0.4 is 0 Å². The van der Waals surface area contributed by atoms with Crippen LogP contribution in [0.1, 0.15) is 40.5 Å². The Labute approximate surface area is 142 Å². The third kappa shape index (κ3) is 1.78. The summed E-state index contributed by atoms with van der Waals surface area (Å²) in [6, 6.07) is 0. The molecule has 0 aromatic carbocycles. The van der Waals surface area contributed by atoms with E-state index in [0.29, 0.717) is 18.4 Å². The van der Waals surface area contributed by atoms with Crippen LogP contribution in [-0.4, -0.2) is 27.4 Å². The Morgan fingerprint density at radius 3 is 2.38 bits per heavy atom. The molecule has 0 amide bonds. The fourth-order valence-corrected chi connectivity index (χ4v) is 4.49. The van der Waals surface area contributed by atoms with Gasteiger partial charge in [0.05, 0.1) is 5.41 Å². The summed E-state index contributed by atoms with van der Waals surface area (Å²) in [6.07, 6.45) is 7.58. The van der Waals surface area contributed by atoms with Crippen molar-refractivity contribution in [1.29, 1.82) is 0 Å². The summed E-state index contributed by atoms with van der Waals surface area (Å²) in [4.78, 5) is 25.2. The van der Waals surface area contributed by atoms with Crippen molar-refractivity contribution in [2.75, 3.05) is 0 Å². The largest absolute Gasteiger partial charge is 0.504 e. The molecule has 0 saturated carbocycles. The van der Waals surface area contributed by atoms with Crippen molar-refractivity contribution in [3.63, 3.8) is 0 Å². The summed E-state index contributed by atoms with van der Waals surface area (Å²) < 4.78 is 0. The van der Waals surface area contributed by atoms with Crippen LogP contribution in [0.15, 0.2) is 47.8 Å². The molecule has 4 heteroatoms. The van der Waals surface area contributed by atoms with Gasteiger partial charge >= 0.3 is 0 Å². The molecule has 0 aliphatic heterocycles. The fraction of sp³-hybridized carbons (Fsp3) is 0.500. The highest BCUT2D eigenvalue weighted by Crippen LogP contribution is 2.61. The quantitative estimate of drug-likeness (QED) is 0.725. The van der Waals surface area contributed by atoms with E-state index >= 15 is 0 Å². The second-order valence-corrected chi connectivity index (χ2v) is 8.21. The van der Waals surface area contributed by atoms with Gasteiger partial charge in [-0.05, 0) is 39.7 Å². The van der Waals surface area contributed by atoms with E-state index in [4.69, 9.17) is 0 Å². The van der Waals surface area contributed by atoms with E-state index in [1.165, 1.54) is 6.08 Å². The highest BCUT2D eigenvalue weighted by Gasteiger charge is 2.63. The van der Waals surface area contributed by atoms with E-state index in [1.54, 1.807) is 39.0 Å². The summed E-state index contributed by atoms with van der Waals surface area (Å²) in [6.45, 7) is 10.9. The maximum absolute atomic E-state index is 12.9. The highest BCUT2D eigenvalue weighted by molar-refractivity contribution is 6.12. The molecular weight excluding hydrogens is 304 g/mol. The van der Waals surface area contributed by atoms with Gasteiger partial charge in [0.25, 0.3) is 0 Å². The first-order valence-corrected chi connectivity index (χ1v) is 8.25. The molecule has 0 heterocycles. The van der Waals surface area contributed by atoms with Gasteiger partial charge < -0.3 is 10.2 Å². The smallest absolute Gasteiger partial charge is 0.225 e. The molecule has 3 atom stereocenters. The van der Waals surface area contributed by atoms with Crippen LogP contribution in [0.3, 0.4) is 0 Å². The van der Waals surface area contributed by atoms with Gasteiger partial charge in [-0.25, -0.2) is 0 Å². The average Bonchev–Trinajstić information content (AvgIpc) is 2.52. The van der Waals surface area contributed by atoms with Crippen molar-refractivity contribution >= 4 is 11.6 Å². The second-order valence-electron chi connectivity index (χ2n) is 8.21. The molecule has 2 N–H and O–H groups in total. The third-order valence-electron chi connectivity index (χ3n) is 6.30. The van der Waals surface area contributed by atoms with E-state index in [-0.39, 0.29) is 11.4 Å². The highest BCUT2D eigenvalue weighted by atomic mass is 16.3. The number of Topliss-reactive ketones (excluding diaryl/α,β-unsaturated/α-hetero) is 1. The minimum absolute atomic E-state index is 0.183. The molecule has 0 spiro atoms. The molecule has 0 aromatic heterocycles. The molecule has 0 bridgehead atoms. The molecule has 0 aromatic rings. The van der Waals surface area contributed by atoms with Crippen LogP contribution >= 0.6 is 0 Å². The van der Waals surface area contributed by atoms with Crippen molar-refractivity contribution in [1.82, 2.24) is 0 Å². The number of hydrogen-bond donors (Lipinski definition) is 2. The minimum Gasteiger partial charge on any atom is -0.504 e. The summed E-state index contributed by atoms with van der Waals surface area (Å²) in [5.41, 5.74) is -3.37. The maximum Gasteiger partial charge on any atom is 0.225 e. The third-order valence-corrected chi connectivity index (χ3v) is 6.30. The first kappa shape index (κ1) is 16.9. The Kier molecular flexibility index (Phi) is 3.22. The molecule has 3 aliphatic rings. The van der Waals surface area contributed by atoms with Crippen LogP contribution in [0.5, 0.6) is 0 Å². The summed E-state index contributed by atoms with van der Waals surface area (Å²) >= 11 is 0. The number of hydrogen-bond acceptors (Lipinski definition) is 4. The first-order chi connectivity index (χ1) is 10.9. The Morgan fingerprint density at radius 1 is 1.17 bits per heavy atom. The van der Waals surface area contributed by atoms with Gasteiger partial charge in [0.15, 0.2) is 11.5 Å². The summed E-state index contributed by atoms with van der Waals surface area (Å²) in [5, 5.41) is 22.2. The first-order valence-electron chi connectivity index (χ1n) is 8.25. The predicted octanol–water partition coefficient (Wildman–Crippen LogP) is 3.20. The van der Waals surface area contributed by atoms with E-state index in [1.807, 2.05) is 6.92 Å². The normalized spacial score (nSPS) is 40.8. The fourth-order valence-electron chi connectivity index (χ4n) is 4.49. The van der Waals surface area contributed by atoms with Gasteiger partial charge in [-0.2, -0.15) is 0 Å². The lowest BCUT2D eigenvalue weighted by molar-refractivity contribution is -0.128. The Morgan fingerprint density at radius 2 is 1.79 bits per heavy atom. The van der Waals surface area contributed by atoms with Gasteiger partial charge in [0.2, 0.25) is 5.78 Å². The van der Waals surface area contributed by atoms with Crippen molar-refractivity contribution in [2.24, 2.45) is 16.2 Å². The molecule has 0 radical (unpaired) electrons. The van der Waals surface area contributed by atoms with Crippen LogP contribution in [-0.2, 0) is 9.59 Å². The monoisotopic (exact) mass is 328 g/mol. The molecule has 3 rings (SSSR count). The lowest BCUT2D eigenvalue weighted by Gasteiger charge is -2.56. The molecule has 3 aliphatic carbocycles. The number of aliphatic hydroxyl groups excluding tert-OH is 1. The molecule has 128 valence electrons. The number of allylic oxidation sites excluding steroid dienone is 4. The number of carbonyl (C=O) groups excluding carboxylic acids is 2. The molecular formula is C20H24O4. The SMILES string of the molecule is C=C[C@]1(C)C=C2C(=O)C(O)=C3C(C)(C)C(=O)C=C[C@]3(C)[C@@]2(O)CC1. The van der Waals surface area contributed by atoms with Crippen LogP contribution in [0.2, 0.25) is 0 Å². The van der Waals surface area contributed by atoms with Crippen molar-refractivity contribution in [3.8, 4) is 0 Å². The lowest BCUT2D eigenvalue weighted by Crippen LogP contribution is -2.60. The van der Waals surface area contributed by atoms with E-state index in [0.717, 1.165) is 0 Å². The molecule has 24 heavy (non-hydrogen) atoms. The Hall–Kier alpha value is -1.94. The van der Waals surface area contributed by atoms with Gasteiger partial charge in [-0.3, -0.25) is 9.59 Å². The summed E-state index contributed by atoms with van der Waals surface area (Å²) in [5.74, 6) is -1.18. The maximum atomic E-state index is 12.9. The van der Waals surface area contributed by atoms with Gasteiger partial charge in [-0.1, -0.05) is 25.2 Å². The van der Waals surface area contributed by atoms with E-state index in [9.17, 15) is 19.8 Å². The van der Waals surface area contributed by atoms with E-state index < -0.39 is 33.4 Å². The lowest BCUT2D eigenvalue weighted by atomic mass is 9.49. The number of aliphatic hydroxyl groups is 2. The van der Waals surface area contributed by atoms with Crippen LogP contribution in [0.25, 0.3) is 0 Å². The number of fused-ring (bicyclic) bond motifs is 3. The average molecular weight is 328 g/mol. The predicted molar refractivity (Wildman–Crippen MR) is 91.3 cm³/mol. The Balaban J connectivity index is 2.37.